The Labute approximate surface area is 136 Å². The second-order valence-corrected chi connectivity index (χ2v) is 5.88. The number of hydrogen-bond donors (Lipinski definition) is 1. The van der Waals surface area contributed by atoms with E-state index < -0.39 is 0 Å². The van der Waals surface area contributed by atoms with Gasteiger partial charge in [0.25, 0.3) is 0 Å². The Morgan fingerprint density at radius 1 is 1.09 bits per heavy atom. The predicted octanol–water partition coefficient (Wildman–Crippen LogP) is 1.16. The van der Waals surface area contributed by atoms with Crippen molar-refractivity contribution in [1.82, 2.24) is 15.1 Å². The number of nitrogens with zero attached hydrogens (tertiary/aromatic N) is 2. The Hall–Kier alpha value is -1.59. The Kier molecular flexibility index (Phi) is 6.21. The van der Waals surface area contributed by atoms with E-state index in [0.29, 0.717) is 32.7 Å². The van der Waals surface area contributed by atoms with Gasteiger partial charge in [0.15, 0.2) is 0 Å². The SMILES string of the molecule is CC(=O)N1CCN(C(=O)CNCCc2ccc(Cl)cc2)CC1. The van der Waals surface area contributed by atoms with Crippen molar-refractivity contribution in [1.29, 1.82) is 0 Å². The Morgan fingerprint density at radius 2 is 1.68 bits per heavy atom. The van der Waals surface area contributed by atoms with E-state index in [1.54, 1.807) is 11.8 Å². The van der Waals surface area contributed by atoms with E-state index in [-0.39, 0.29) is 11.8 Å². The standard InChI is InChI=1S/C16H22ClN3O2/c1-13(21)19-8-10-20(11-9-19)16(22)12-18-7-6-14-2-4-15(17)5-3-14/h2-5,18H,6-12H2,1H3. The molecule has 1 aliphatic heterocycles. The highest BCUT2D eigenvalue weighted by molar-refractivity contribution is 6.30. The number of carbonyl (C=O) groups is 2. The monoisotopic (exact) mass is 323 g/mol. The molecule has 0 saturated carbocycles. The van der Waals surface area contributed by atoms with Crippen molar-refractivity contribution in [3.05, 3.63) is 34.9 Å². The highest BCUT2D eigenvalue weighted by Gasteiger charge is 2.21. The smallest absolute Gasteiger partial charge is 0.236 e. The molecule has 0 atom stereocenters. The molecule has 5 nitrogen and oxygen atoms in total. The second kappa shape index (κ2) is 8.15. The molecule has 1 fully saturated rings. The van der Waals surface area contributed by atoms with E-state index in [1.807, 2.05) is 29.2 Å². The number of hydrogen-bond acceptors (Lipinski definition) is 3. The van der Waals surface area contributed by atoms with Crippen LogP contribution in [0.4, 0.5) is 0 Å². The summed E-state index contributed by atoms with van der Waals surface area (Å²) in [6.07, 6.45) is 0.864. The van der Waals surface area contributed by atoms with Gasteiger partial charge in [-0.25, -0.2) is 0 Å². The van der Waals surface area contributed by atoms with Gasteiger partial charge in [-0.1, -0.05) is 23.7 Å². The van der Waals surface area contributed by atoms with Crippen molar-refractivity contribution < 1.29 is 9.59 Å². The highest BCUT2D eigenvalue weighted by atomic mass is 35.5. The van der Waals surface area contributed by atoms with Crippen LogP contribution in [0, 0.1) is 0 Å². The zero-order chi connectivity index (χ0) is 15.9. The zero-order valence-electron chi connectivity index (χ0n) is 12.8. The van der Waals surface area contributed by atoms with Crippen LogP contribution < -0.4 is 5.32 Å². The number of rotatable bonds is 5. The summed E-state index contributed by atoms with van der Waals surface area (Å²) in [6, 6.07) is 7.73. The first-order valence-electron chi connectivity index (χ1n) is 7.54. The molecule has 0 unspecified atom stereocenters. The van der Waals surface area contributed by atoms with Crippen molar-refractivity contribution in [2.75, 3.05) is 39.3 Å². The van der Waals surface area contributed by atoms with E-state index in [9.17, 15) is 9.59 Å². The summed E-state index contributed by atoms with van der Waals surface area (Å²) in [5, 5.41) is 3.91. The van der Waals surface area contributed by atoms with Crippen molar-refractivity contribution in [2.45, 2.75) is 13.3 Å². The molecule has 6 heteroatoms. The van der Waals surface area contributed by atoms with E-state index in [4.69, 9.17) is 11.6 Å². The minimum atomic E-state index is 0.0770. The van der Waals surface area contributed by atoms with E-state index in [1.165, 1.54) is 5.56 Å². The molecule has 1 saturated heterocycles. The maximum atomic E-state index is 12.1. The number of carbonyl (C=O) groups excluding carboxylic acids is 2. The molecule has 1 N–H and O–H groups in total. The third-order valence-electron chi connectivity index (χ3n) is 3.86. The number of nitrogens with one attached hydrogen (secondary N) is 1. The summed E-state index contributed by atoms with van der Waals surface area (Å²) in [6.45, 7) is 5.16. The van der Waals surface area contributed by atoms with Gasteiger partial charge in [-0.05, 0) is 30.7 Å². The lowest BCUT2D eigenvalue weighted by Gasteiger charge is -2.34. The van der Waals surface area contributed by atoms with Crippen LogP contribution in [0.15, 0.2) is 24.3 Å². The predicted molar refractivity (Wildman–Crippen MR) is 86.9 cm³/mol. The van der Waals surface area contributed by atoms with Gasteiger partial charge < -0.3 is 15.1 Å². The molecule has 2 amide bonds. The van der Waals surface area contributed by atoms with Gasteiger partial charge in [-0.15, -0.1) is 0 Å². The quantitative estimate of drug-likeness (QED) is 0.827. The average Bonchev–Trinajstić information content (AvgIpc) is 2.53. The van der Waals surface area contributed by atoms with Crippen LogP contribution in [0.1, 0.15) is 12.5 Å². The topological polar surface area (TPSA) is 52.7 Å². The molecule has 0 radical (unpaired) electrons. The van der Waals surface area contributed by atoms with Gasteiger partial charge in [0.2, 0.25) is 11.8 Å². The number of halogens is 1. The molecule has 2 rings (SSSR count). The van der Waals surface area contributed by atoms with Gasteiger partial charge in [0.05, 0.1) is 6.54 Å². The highest BCUT2D eigenvalue weighted by Crippen LogP contribution is 2.09. The summed E-state index contributed by atoms with van der Waals surface area (Å²) in [5.41, 5.74) is 1.19. The van der Waals surface area contributed by atoms with Crippen LogP contribution in [0.2, 0.25) is 5.02 Å². The van der Waals surface area contributed by atoms with Gasteiger partial charge in [-0.2, -0.15) is 0 Å². The molecule has 1 aromatic carbocycles. The lowest BCUT2D eigenvalue weighted by Crippen LogP contribution is -2.51. The molecule has 22 heavy (non-hydrogen) atoms. The first-order valence-corrected chi connectivity index (χ1v) is 7.92. The third kappa shape index (κ3) is 5.00. The summed E-state index contributed by atoms with van der Waals surface area (Å²) < 4.78 is 0. The van der Waals surface area contributed by atoms with E-state index in [0.717, 1.165) is 18.0 Å². The molecular weight excluding hydrogens is 302 g/mol. The molecule has 1 aliphatic rings. The van der Waals surface area contributed by atoms with Gasteiger partial charge in [0.1, 0.15) is 0 Å². The normalized spacial score (nSPS) is 15.0. The Morgan fingerprint density at radius 3 is 2.27 bits per heavy atom. The first kappa shape index (κ1) is 16.8. The number of piperazine rings is 1. The van der Waals surface area contributed by atoms with Crippen molar-refractivity contribution >= 4 is 23.4 Å². The third-order valence-corrected chi connectivity index (χ3v) is 4.11. The maximum absolute atomic E-state index is 12.1. The Bertz CT molecular complexity index is 511. The van der Waals surface area contributed by atoms with Crippen LogP contribution in [-0.2, 0) is 16.0 Å². The van der Waals surface area contributed by atoms with Gasteiger partial charge >= 0.3 is 0 Å². The molecule has 1 aromatic rings. The fraction of sp³-hybridized carbons (Fsp3) is 0.500. The molecule has 0 spiro atoms. The van der Waals surface area contributed by atoms with Crippen LogP contribution in [-0.4, -0.2) is 60.9 Å². The number of amides is 2. The molecule has 1 heterocycles. The second-order valence-electron chi connectivity index (χ2n) is 5.44. The van der Waals surface area contributed by atoms with Crippen molar-refractivity contribution in [2.24, 2.45) is 0 Å². The average molecular weight is 324 g/mol. The first-order chi connectivity index (χ1) is 10.6. The fourth-order valence-corrected chi connectivity index (χ4v) is 2.59. The maximum Gasteiger partial charge on any atom is 0.236 e. The molecule has 120 valence electrons. The minimum Gasteiger partial charge on any atom is -0.339 e. The van der Waals surface area contributed by atoms with Crippen LogP contribution in [0.25, 0.3) is 0 Å². The fourth-order valence-electron chi connectivity index (χ4n) is 2.46. The van der Waals surface area contributed by atoms with Crippen molar-refractivity contribution in [3.8, 4) is 0 Å². The summed E-state index contributed by atoms with van der Waals surface area (Å²) in [5.74, 6) is 0.174. The largest absolute Gasteiger partial charge is 0.339 e. The van der Waals surface area contributed by atoms with Crippen LogP contribution in [0.5, 0.6) is 0 Å². The summed E-state index contributed by atoms with van der Waals surface area (Å²) in [4.78, 5) is 26.9. The lowest BCUT2D eigenvalue weighted by molar-refractivity contribution is -0.137. The zero-order valence-corrected chi connectivity index (χ0v) is 13.6. The molecular formula is C16H22ClN3O2. The summed E-state index contributed by atoms with van der Waals surface area (Å²) >= 11 is 5.84. The Balaban J connectivity index is 1.64. The van der Waals surface area contributed by atoms with Gasteiger partial charge in [-0.3, -0.25) is 9.59 Å². The van der Waals surface area contributed by atoms with Gasteiger partial charge in [0, 0.05) is 38.1 Å². The van der Waals surface area contributed by atoms with E-state index >= 15 is 0 Å². The summed E-state index contributed by atoms with van der Waals surface area (Å²) in [7, 11) is 0. The molecule has 0 bridgehead atoms. The van der Waals surface area contributed by atoms with E-state index in [2.05, 4.69) is 5.32 Å². The van der Waals surface area contributed by atoms with Crippen LogP contribution >= 0.6 is 11.6 Å². The van der Waals surface area contributed by atoms with Crippen molar-refractivity contribution in [3.63, 3.8) is 0 Å². The lowest BCUT2D eigenvalue weighted by atomic mass is 10.1. The van der Waals surface area contributed by atoms with Crippen LogP contribution in [0.3, 0.4) is 0 Å². The number of benzene rings is 1. The minimum absolute atomic E-state index is 0.0770. The molecule has 0 aromatic heterocycles. The molecule has 0 aliphatic carbocycles.